The molecule has 0 aromatic heterocycles. The van der Waals surface area contributed by atoms with E-state index < -0.39 is 9.84 Å². The molecule has 7 heteroatoms. The van der Waals surface area contributed by atoms with Crippen LogP contribution in [0.5, 0.6) is 0 Å². The van der Waals surface area contributed by atoms with Crippen LogP contribution in [0, 0.1) is 0 Å². The van der Waals surface area contributed by atoms with Gasteiger partial charge < -0.3 is 5.32 Å². The molecule has 0 saturated carbocycles. The molecule has 1 amide bonds. The molecule has 1 rings (SSSR count). The van der Waals surface area contributed by atoms with E-state index in [0.29, 0.717) is 12.2 Å². The van der Waals surface area contributed by atoms with Crippen LogP contribution in [0.4, 0.5) is 0 Å². The first-order chi connectivity index (χ1) is 8.88. The Morgan fingerprint density at radius 1 is 1.37 bits per heavy atom. The molecule has 1 aromatic carbocycles. The summed E-state index contributed by atoms with van der Waals surface area (Å²) in [5, 5.41) is 2.60. The number of carbonyl (C=O) groups excluding carboxylic acids is 1. The van der Waals surface area contributed by atoms with E-state index in [9.17, 15) is 13.2 Å². The van der Waals surface area contributed by atoms with Crippen molar-refractivity contribution in [2.75, 3.05) is 24.3 Å². The number of rotatable bonds is 7. The Bertz CT molecular complexity index is 532. The zero-order valence-electron chi connectivity index (χ0n) is 10.6. The maximum absolute atomic E-state index is 11.5. The van der Waals surface area contributed by atoms with Gasteiger partial charge in [-0.05, 0) is 28.1 Å². The zero-order valence-corrected chi connectivity index (χ0v) is 13.8. The number of hydrogen-bond donors (Lipinski definition) is 1. The Labute approximate surface area is 126 Å². The van der Waals surface area contributed by atoms with Crippen molar-refractivity contribution in [2.45, 2.75) is 11.3 Å². The SMILES string of the molecule is CS(=O)(=O)CCNC(=O)CCSc1ccccc1Br. The lowest BCUT2D eigenvalue weighted by Gasteiger charge is -2.05. The molecule has 1 aromatic rings. The van der Waals surface area contributed by atoms with Gasteiger partial charge in [0.25, 0.3) is 0 Å². The first kappa shape index (κ1) is 16.5. The second-order valence-corrected chi connectivity index (χ2v) is 8.26. The van der Waals surface area contributed by atoms with Gasteiger partial charge in [0.2, 0.25) is 5.91 Å². The van der Waals surface area contributed by atoms with Crippen molar-refractivity contribution in [3.8, 4) is 0 Å². The third kappa shape index (κ3) is 7.59. The van der Waals surface area contributed by atoms with Gasteiger partial charge in [0, 0.05) is 34.3 Å². The number of halogens is 1. The smallest absolute Gasteiger partial charge is 0.220 e. The highest BCUT2D eigenvalue weighted by Crippen LogP contribution is 2.27. The summed E-state index contributed by atoms with van der Waals surface area (Å²) in [7, 11) is -3.02. The molecule has 0 unspecified atom stereocenters. The molecule has 19 heavy (non-hydrogen) atoms. The van der Waals surface area contributed by atoms with Crippen molar-refractivity contribution in [3.05, 3.63) is 28.7 Å². The molecule has 0 saturated heterocycles. The molecule has 0 bridgehead atoms. The highest BCUT2D eigenvalue weighted by atomic mass is 79.9. The fourth-order valence-corrected chi connectivity index (χ4v) is 3.27. The van der Waals surface area contributed by atoms with Crippen LogP contribution in [0.15, 0.2) is 33.6 Å². The number of thioether (sulfide) groups is 1. The molecule has 4 nitrogen and oxygen atoms in total. The van der Waals surface area contributed by atoms with Gasteiger partial charge in [-0.15, -0.1) is 11.8 Å². The van der Waals surface area contributed by atoms with Crippen molar-refractivity contribution in [3.63, 3.8) is 0 Å². The molecule has 1 N–H and O–H groups in total. The molecule has 0 aliphatic rings. The van der Waals surface area contributed by atoms with Crippen LogP contribution in [0.25, 0.3) is 0 Å². The molecule has 0 atom stereocenters. The summed E-state index contributed by atoms with van der Waals surface area (Å²) in [6, 6.07) is 7.82. The van der Waals surface area contributed by atoms with Gasteiger partial charge in [-0.25, -0.2) is 8.42 Å². The number of sulfone groups is 1. The number of hydrogen-bond acceptors (Lipinski definition) is 4. The molecular formula is C12H16BrNO3S2. The van der Waals surface area contributed by atoms with Crippen molar-refractivity contribution in [1.82, 2.24) is 5.32 Å². The maximum Gasteiger partial charge on any atom is 0.220 e. The van der Waals surface area contributed by atoms with Crippen molar-refractivity contribution < 1.29 is 13.2 Å². The third-order valence-electron chi connectivity index (χ3n) is 2.22. The second-order valence-electron chi connectivity index (χ2n) is 4.01. The molecule has 0 radical (unpaired) electrons. The predicted molar refractivity (Wildman–Crippen MR) is 82.2 cm³/mol. The summed E-state index contributed by atoms with van der Waals surface area (Å²) in [5.41, 5.74) is 0. The van der Waals surface area contributed by atoms with E-state index in [1.807, 2.05) is 24.3 Å². The molecule has 0 heterocycles. The topological polar surface area (TPSA) is 63.2 Å². The molecular weight excluding hydrogens is 350 g/mol. The Morgan fingerprint density at radius 3 is 2.68 bits per heavy atom. The van der Waals surface area contributed by atoms with Gasteiger partial charge in [0.1, 0.15) is 9.84 Å². The zero-order chi connectivity index (χ0) is 14.3. The predicted octanol–water partition coefficient (Wildman–Crippen LogP) is 2.09. The van der Waals surface area contributed by atoms with E-state index in [-0.39, 0.29) is 18.2 Å². The van der Waals surface area contributed by atoms with E-state index in [1.54, 1.807) is 11.8 Å². The quantitative estimate of drug-likeness (QED) is 0.751. The summed E-state index contributed by atoms with van der Waals surface area (Å²) in [5.74, 6) is 0.520. The summed E-state index contributed by atoms with van der Waals surface area (Å²) in [6.07, 6.45) is 1.53. The molecule has 0 fully saturated rings. The van der Waals surface area contributed by atoms with E-state index in [2.05, 4.69) is 21.2 Å². The van der Waals surface area contributed by atoms with Crippen LogP contribution >= 0.6 is 27.7 Å². The highest BCUT2D eigenvalue weighted by molar-refractivity contribution is 9.10. The van der Waals surface area contributed by atoms with Crippen LogP contribution < -0.4 is 5.32 Å². The molecule has 106 valence electrons. The minimum atomic E-state index is -3.02. The van der Waals surface area contributed by atoms with Gasteiger partial charge >= 0.3 is 0 Å². The summed E-state index contributed by atoms with van der Waals surface area (Å²) in [4.78, 5) is 12.6. The minimum Gasteiger partial charge on any atom is -0.355 e. The van der Waals surface area contributed by atoms with Gasteiger partial charge in [0.15, 0.2) is 0 Å². The van der Waals surface area contributed by atoms with E-state index in [0.717, 1.165) is 15.6 Å². The Morgan fingerprint density at radius 2 is 2.05 bits per heavy atom. The number of amides is 1. The van der Waals surface area contributed by atoms with Gasteiger partial charge in [-0.3, -0.25) is 4.79 Å². The molecule has 0 aliphatic heterocycles. The van der Waals surface area contributed by atoms with Crippen LogP contribution in [0.1, 0.15) is 6.42 Å². The molecule has 0 spiro atoms. The minimum absolute atomic E-state index is 0.0177. The first-order valence-electron chi connectivity index (χ1n) is 5.70. The van der Waals surface area contributed by atoms with Gasteiger partial charge in [-0.2, -0.15) is 0 Å². The Hall–Kier alpha value is -0.530. The standard InChI is InChI=1S/C12H16BrNO3S2/c1-19(16,17)9-7-14-12(15)6-8-18-11-5-3-2-4-10(11)13/h2-5H,6-9H2,1H3,(H,14,15). The number of benzene rings is 1. The number of carbonyl (C=O) groups is 1. The fraction of sp³-hybridized carbons (Fsp3) is 0.417. The molecule has 0 aliphatic carbocycles. The van der Waals surface area contributed by atoms with E-state index >= 15 is 0 Å². The average Bonchev–Trinajstić information content (AvgIpc) is 2.30. The summed E-state index contributed by atoms with van der Waals surface area (Å²) >= 11 is 5.03. The normalized spacial score (nSPS) is 11.3. The number of nitrogens with one attached hydrogen (secondary N) is 1. The summed E-state index contributed by atoms with van der Waals surface area (Å²) < 4.78 is 22.8. The van der Waals surface area contributed by atoms with Crippen molar-refractivity contribution in [2.24, 2.45) is 0 Å². The van der Waals surface area contributed by atoms with Crippen LogP contribution in [-0.2, 0) is 14.6 Å². The van der Waals surface area contributed by atoms with Gasteiger partial charge in [-0.1, -0.05) is 12.1 Å². The lowest BCUT2D eigenvalue weighted by atomic mass is 10.4. The monoisotopic (exact) mass is 365 g/mol. The summed E-state index contributed by atoms with van der Waals surface area (Å²) in [6.45, 7) is 0.178. The van der Waals surface area contributed by atoms with E-state index in [1.165, 1.54) is 0 Å². The average molecular weight is 366 g/mol. The Kier molecular flexibility index (Phi) is 6.88. The van der Waals surface area contributed by atoms with Crippen LogP contribution in [0.2, 0.25) is 0 Å². The lowest BCUT2D eigenvalue weighted by molar-refractivity contribution is -0.120. The van der Waals surface area contributed by atoms with Crippen LogP contribution in [0.3, 0.4) is 0 Å². The van der Waals surface area contributed by atoms with E-state index in [4.69, 9.17) is 0 Å². The lowest BCUT2D eigenvalue weighted by Crippen LogP contribution is -2.28. The Balaban J connectivity index is 2.23. The third-order valence-corrected chi connectivity index (χ3v) is 5.19. The van der Waals surface area contributed by atoms with Crippen LogP contribution in [-0.4, -0.2) is 38.6 Å². The fourth-order valence-electron chi connectivity index (χ4n) is 1.28. The maximum atomic E-state index is 11.5. The van der Waals surface area contributed by atoms with Gasteiger partial charge in [0.05, 0.1) is 5.75 Å². The highest BCUT2D eigenvalue weighted by Gasteiger charge is 2.06. The van der Waals surface area contributed by atoms with Crippen molar-refractivity contribution in [1.29, 1.82) is 0 Å². The first-order valence-corrected chi connectivity index (χ1v) is 9.54. The second kappa shape index (κ2) is 7.91. The largest absolute Gasteiger partial charge is 0.355 e. The van der Waals surface area contributed by atoms with Crippen molar-refractivity contribution >= 4 is 43.4 Å².